The van der Waals surface area contributed by atoms with Crippen LogP contribution in [0.25, 0.3) is 0 Å². The van der Waals surface area contributed by atoms with E-state index >= 15 is 0 Å². The summed E-state index contributed by atoms with van der Waals surface area (Å²) in [5.41, 5.74) is 6.41. The fourth-order valence-corrected chi connectivity index (χ4v) is 5.09. The van der Waals surface area contributed by atoms with Crippen molar-refractivity contribution in [2.45, 2.75) is 36.7 Å². The van der Waals surface area contributed by atoms with Crippen LogP contribution in [0.4, 0.5) is 5.82 Å². The van der Waals surface area contributed by atoms with Gasteiger partial charge in [0.1, 0.15) is 5.82 Å². The van der Waals surface area contributed by atoms with Crippen molar-refractivity contribution in [1.82, 2.24) is 14.9 Å². The van der Waals surface area contributed by atoms with Gasteiger partial charge in [0, 0.05) is 24.8 Å². The molecule has 0 radical (unpaired) electrons. The molecule has 2 atom stereocenters. The molecule has 0 saturated carbocycles. The van der Waals surface area contributed by atoms with E-state index in [-0.39, 0.29) is 23.5 Å². The van der Waals surface area contributed by atoms with Crippen LogP contribution >= 0.6 is 11.8 Å². The van der Waals surface area contributed by atoms with E-state index in [1.165, 1.54) is 16.7 Å². The molecule has 0 aliphatic carbocycles. The molecule has 22 heavy (non-hydrogen) atoms. The quantitative estimate of drug-likeness (QED) is 0.626. The Kier molecular flexibility index (Phi) is 4.96. The molecule has 1 fully saturated rings. The molecular weight excluding hydrogens is 324 g/mol. The summed E-state index contributed by atoms with van der Waals surface area (Å²) in [6.45, 7) is 3.57. The van der Waals surface area contributed by atoms with Crippen molar-refractivity contribution in [2.24, 2.45) is 0 Å². The Labute approximate surface area is 134 Å². The smallest absolute Gasteiger partial charge is 0.235 e. The second kappa shape index (κ2) is 6.41. The molecular formula is C13H20N4O3S2. The number of hydrogen-bond acceptors (Lipinski definition) is 7. The maximum Gasteiger partial charge on any atom is 0.235 e. The highest BCUT2D eigenvalue weighted by atomic mass is 32.2. The van der Waals surface area contributed by atoms with Crippen molar-refractivity contribution in [3.8, 4) is 0 Å². The van der Waals surface area contributed by atoms with E-state index < -0.39 is 15.1 Å². The Morgan fingerprint density at radius 3 is 2.73 bits per heavy atom. The normalized spacial score (nSPS) is 21.5. The Balaban J connectivity index is 2.02. The highest BCUT2D eigenvalue weighted by Gasteiger charge is 2.34. The van der Waals surface area contributed by atoms with Crippen LogP contribution in [0.2, 0.25) is 0 Å². The van der Waals surface area contributed by atoms with Crippen LogP contribution in [0.5, 0.6) is 0 Å². The summed E-state index contributed by atoms with van der Waals surface area (Å²) in [7, 11) is -1.36. The maximum atomic E-state index is 12.4. The summed E-state index contributed by atoms with van der Waals surface area (Å²) in [5, 5.41) is 0.0419. The third kappa shape index (κ3) is 4.10. The highest BCUT2D eigenvalue weighted by Crippen LogP contribution is 2.24. The lowest BCUT2D eigenvalue weighted by Crippen LogP contribution is -2.41. The molecule has 7 nitrogen and oxygen atoms in total. The average Bonchev–Trinajstić information content (AvgIpc) is 2.76. The molecule has 1 aromatic heterocycles. The monoisotopic (exact) mass is 344 g/mol. The Bertz CT molecular complexity index is 658. The van der Waals surface area contributed by atoms with Crippen LogP contribution in [-0.4, -0.2) is 59.0 Å². The molecule has 2 N–H and O–H groups in total. The van der Waals surface area contributed by atoms with Crippen LogP contribution in [0.3, 0.4) is 0 Å². The lowest BCUT2D eigenvalue weighted by Gasteiger charge is -2.26. The number of rotatable bonds is 4. The minimum atomic E-state index is -3.01. The van der Waals surface area contributed by atoms with Gasteiger partial charge in [-0.3, -0.25) is 4.79 Å². The zero-order valence-electron chi connectivity index (χ0n) is 12.8. The SMILES string of the molecule is Cc1cc(N)nc(S[C@H](C)C(=O)N(C)[C@@H]2CCS(=O)(=O)C2)n1. The number of hydrogen-bond donors (Lipinski definition) is 1. The number of aromatic nitrogens is 2. The van der Waals surface area contributed by atoms with Gasteiger partial charge < -0.3 is 10.6 Å². The summed E-state index contributed by atoms with van der Waals surface area (Å²) in [6, 6.07) is 1.41. The van der Waals surface area contributed by atoms with Crippen molar-refractivity contribution in [3.63, 3.8) is 0 Å². The van der Waals surface area contributed by atoms with E-state index in [9.17, 15) is 13.2 Å². The number of nitrogens with zero attached hydrogens (tertiary/aromatic N) is 3. The van der Waals surface area contributed by atoms with Crippen molar-refractivity contribution in [1.29, 1.82) is 0 Å². The van der Waals surface area contributed by atoms with Gasteiger partial charge in [0.15, 0.2) is 15.0 Å². The number of carbonyl (C=O) groups excluding carboxylic acids is 1. The molecule has 1 amide bonds. The van der Waals surface area contributed by atoms with Crippen molar-refractivity contribution < 1.29 is 13.2 Å². The number of thioether (sulfide) groups is 1. The van der Waals surface area contributed by atoms with Crippen LogP contribution in [0, 0.1) is 6.92 Å². The number of carbonyl (C=O) groups is 1. The summed E-state index contributed by atoms with van der Waals surface area (Å²) in [4.78, 5) is 22.3. The third-order valence-electron chi connectivity index (χ3n) is 3.59. The second-order valence-electron chi connectivity index (χ2n) is 5.48. The zero-order valence-corrected chi connectivity index (χ0v) is 14.4. The first-order valence-electron chi connectivity index (χ1n) is 6.93. The van der Waals surface area contributed by atoms with E-state index in [1.54, 1.807) is 20.0 Å². The number of anilines is 1. The van der Waals surface area contributed by atoms with Gasteiger partial charge in [0.05, 0.1) is 16.8 Å². The highest BCUT2D eigenvalue weighted by molar-refractivity contribution is 8.00. The van der Waals surface area contributed by atoms with Crippen LogP contribution in [-0.2, 0) is 14.6 Å². The number of amides is 1. The van der Waals surface area contributed by atoms with Crippen molar-refractivity contribution >= 4 is 33.3 Å². The summed E-state index contributed by atoms with van der Waals surface area (Å²) in [5.74, 6) is 0.426. The zero-order chi connectivity index (χ0) is 16.5. The average molecular weight is 344 g/mol. The molecule has 1 aliphatic rings. The lowest BCUT2D eigenvalue weighted by atomic mass is 10.2. The molecule has 1 aliphatic heterocycles. The second-order valence-corrected chi connectivity index (χ2v) is 9.02. The molecule has 0 bridgehead atoms. The van der Waals surface area contributed by atoms with Crippen LogP contribution in [0.15, 0.2) is 11.2 Å². The van der Waals surface area contributed by atoms with E-state index in [0.717, 1.165) is 5.69 Å². The number of sulfone groups is 1. The van der Waals surface area contributed by atoms with Gasteiger partial charge in [-0.15, -0.1) is 0 Å². The van der Waals surface area contributed by atoms with Gasteiger partial charge in [0.2, 0.25) is 5.91 Å². The van der Waals surface area contributed by atoms with Gasteiger partial charge in [-0.05, 0) is 20.3 Å². The summed E-state index contributed by atoms with van der Waals surface area (Å²) in [6.07, 6.45) is 0.496. The van der Waals surface area contributed by atoms with E-state index in [0.29, 0.717) is 17.4 Å². The van der Waals surface area contributed by atoms with Gasteiger partial charge in [0.25, 0.3) is 0 Å². The van der Waals surface area contributed by atoms with Crippen molar-refractivity contribution in [2.75, 3.05) is 24.3 Å². The van der Waals surface area contributed by atoms with Gasteiger partial charge in [-0.25, -0.2) is 18.4 Å². The van der Waals surface area contributed by atoms with E-state index in [2.05, 4.69) is 9.97 Å². The van der Waals surface area contributed by atoms with Crippen LogP contribution < -0.4 is 5.73 Å². The molecule has 0 spiro atoms. The third-order valence-corrected chi connectivity index (χ3v) is 6.29. The Morgan fingerprint density at radius 1 is 1.50 bits per heavy atom. The van der Waals surface area contributed by atoms with Gasteiger partial charge in [-0.2, -0.15) is 0 Å². The molecule has 0 unspecified atom stereocenters. The van der Waals surface area contributed by atoms with E-state index in [4.69, 9.17) is 5.73 Å². The minimum absolute atomic E-state index is 0.0422. The Hall–Kier alpha value is -1.35. The molecule has 0 aromatic carbocycles. The first-order chi connectivity index (χ1) is 10.2. The topological polar surface area (TPSA) is 106 Å². The standard InChI is InChI=1S/C13H20N4O3S2/c1-8-6-11(14)16-13(15-8)21-9(2)12(18)17(3)10-4-5-22(19,20)7-10/h6,9-10H,4-5,7H2,1-3H3,(H2,14,15,16)/t9-,10-/m1/s1. The molecule has 2 heterocycles. The largest absolute Gasteiger partial charge is 0.384 e. The predicted octanol–water partition coefficient (Wildman–Crippen LogP) is 0.493. The minimum Gasteiger partial charge on any atom is -0.384 e. The molecule has 1 aromatic rings. The predicted molar refractivity (Wildman–Crippen MR) is 86.3 cm³/mol. The number of nitrogen functional groups attached to an aromatic ring is 1. The van der Waals surface area contributed by atoms with Gasteiger partial charge in [-0.1, -0.05) is 11.8 Å². The fraction of sp³-hybridized carbons (Fsp3) is 0.615. The van der Waals surface area contributed by atoms with E-state index in [1.807, 2.05) is 6.92 Å². The summed E-state index contributed by atoms with van der Waals surface area (Å²) < 4.78 is 23.1. The summed E-state index contributed by atoms with van der Waals surface area (Å²) >= 11 is 1.22. The molecule has 9 heteroatoms. The first-order valence-corrected chi connectivity index (χ1v) is 9.63. The number of nitrogens with two attached hydrogens (primary N) is 1. The molecule has 2 rings (SSSR count). The first kappa shape index (κ1) is 17.0. The Morgan fingerprint density at radius 2 is 2.18 bits per heavy atom. The molecule has 122 valence electrons. The van der Waals surface area contributed by atoms with Gasteiger partial charge >= 0.3 is 0 Å². The van der Waals surface area contributed by atoms with Crippen molar-refractivity contribution in [3.05, 3.63) is 11.8 Å². The lowest BCUT2D eigenvalue weighted by molar-refractivity contribution is -0.130. The van der Waals surface area contributed by atoms with Crippen LogP contribution in [0.1, 0.15) is 19.0 Å². The number of aryl methyl sites for hydroxylation is 1. The fourth-order valence-electron chi connectivity index (χ4n) is 2.37. The maximum absolute atomic E-state index is 12.4. The molecule has 1 saturated heterocycles.